The van der Waals surface area contributed by atoms with Gasteiger partial charge in [-0.3, -0.25) is 9.78 Å². The van der Waals surface area contributed by atoms with Gasteiger partial charge >= 0.3 is 0 Å². The molecule has 0 aromatic carbocycles. The normalized spacial score (nSPS) is 21.3. The van der Waals surface area contributed by atoms with E-state index in [9.17, 15) is 4.79 Å². The van der Waals surface area contributed by atoms with Crippen molar-refractivity contribution < 1.29 is 18.8 Å². The third-order valence-corrected chi connectivity index (χ3v) is 5.01. The maximum atomic E-state index is 12.4. The van der Waals surface area contributed by atoms with E-state index in [4.69, 9.17) is 14.0 Å². The van der Waals surface area contributed by atoms with Crippen molar-refractivity contribution in [3.63, 3.8) is 0 Å². The van der Waals surface area contributed by atoms with E-state index >= 15 is 0 Å². The summed E-state index contributed by atoms with van der Waals surface area (Å²) in [4.78, 5) is 18.2. The highest BCUT2D eigenvalue weighted by atomic mass is 16.5. The molecule has 2 fully saturated rings. The highest BCUT2D eigenvalue weighted by molar-refractivity contribution is 5.92. The number of aryl methyl sites for hydroxylation is 1. The van der Waals surface area contributed by atoms with Crippen molar-refractivity contribution in [3.8, 4) is 5.75 Å². The first-order chi connectivity index (χ1) is 12.2. The molecule has 0 radical (unpaired) electrons. The van der Waals surface area contributed by atoms with Crippen LogP contribution >= 0.6 is 0 Å². The first-order valence-electron chi connectivity index (χ1n) is 8.56. The van der Waals surface area contributed by atoms with E-state index in [-0.39, 0.29) is 11.5 Å². The van der Waals surface area contributed by atoms with Crippen molar-refractivity contribution in [1.82, 2.24) is 15.0 Å². The van der Waals surface area contributed by atoms with Crippen molar-refractivity contribution in [2.24, 2.45) is 5.92 Å². The molecule has 2 aliphatic heterocycles. The molecule has 132 valence electrons. The van der Waals surface area contributed by atoms with E-state index in [1.807, 2.05) is 12.1 Å². The number of nitrogens with zero attached hydrogens (tertiary/aromatic N) is 3. The van der Waals surface area contributed by atoms with Gasteiger partial charge in [0.1, 0.15) is 11.4 Å². The first-order valence-corrected chi connectivity index (χ1v) is 8.56. The Kier molecular flexibility index (Phi) is 4.17. The molecule has 2 aliphatic rings. The Morgan fingerprint density at radius 1 is 1.48 bits per heavy atom. The number of carbonyl (C=O) groups excluding carboxylic acids is 1. The molecule has 0 saturated carbocycles. The number of ether oxygens (including phenoxy) is 2. The number of carbonyl (C=O) groups is 1. The zero-order valence-electron chi connectivity index (χ0n) is 14.2. The molecule has 0 N–H and O–H groups in total. The van der Waals surface area contributed by atoms with Gasteiger partial charge < -0.3 is 18.9 Å². The van der Waals surface area contributed by atoms with E-state index in [2.05, 4.69) is 10.1 Å². The average molecular weight is 343 g/mol. The second kappa shape index (κ2) is 6.48. The molecule has 4 rings (SSSR count). The summed E-state index contributed by atoms with van der Waals surface area (Å²) in [5.74, 6) is 1.35. The predicted octanol–water partition coefficient (Wildman–Crippen LogP) is 2.08. The number of hydrogen-bond acceptors (Lipinski definition) is 6. The van der Waals surface area contributed by atoms with Crippen LogP contribution in [-0.4, -0.2) is 52.9 Å². The molecule has 25 heavy (non-hydrogen) atoms. The fourth-order valence-corrected chi connectivity index (χ4v) is 3.66. The Morgan fingerprint density at radius 3 is 3.08 bits per heavy atom. The van der Waals surface area contributed by atoms with Crippen LogP contribution < -0.4 is 4.74 Å². The summed E-state index contributed by atoms with van der Waals surface area (Å²) >= 11 is 0. The van der Waals surface area contributed by atoms with Crippen molar-refractivity contribution in [2.45, 2.75) is 25.4 Å². The Hall–Kier alpha value is -2.41. The minimum atomic E-state index is -0.233. The van der Waals surface area contributed by atoms with Gasteiger partial charge in [0.15, 0.2) is 0 Å². The van der Waals surface area contributed by atoms with Crippen LogP contribution in [0.15, 0.2) is 35.1 Å². The molecule has 1 atom stereocenters. The Morgan fingerprint density at radius 2 is 2.36 bits per heavy atom. The van der Waals surface area contributed by atoms with Gasteiger partial charge in [0.2, 0.25) is 5.76 Å². The van der Waals surface area contributed by atoms with Crippen LogP contribution in [0.2, 0.25) is 0 Å². The molecular weight excluding hydrogens is 322 g/mol. The molecule has 1 amide bonds. The standard InChI is InChI=1S/C18H21N3O4/c1-13-9-16(25-20-13)17(22)21-11-18(12-21)14(5-8-24-18)4-7-23-15-3-2-6-19-10-15/h2-3,6,9-10,14H,4-5,7-8,11-12H2,1H3. The predicted molar refractivity (Wildman–Crippen MR) is 88.3 cm³/mol. The lowest BCUT2D eigenvalue weighted by Crippen LogP contribution is -2.66. The zero-order valence-corrected chi connectivity index (χ0v) is 14.2. The third kappa shape index (κ3) is 3.11. The fraction of sp³-hybridized carbons (Fsp3) is 0.500. The summed E-state index contributed by atoms with van der Waals surface area (Å²) in [6.45, 7) is 4.36. The lowest BCUT2D eigenvalue weighted by molar-refractivity contribution is -0.119. The van der Waals surface area contributed by atoms with Crippen LogP contribution in [-0.2, 0) is 4.74 Å². The molecule has 1 spiro atoms. The Bertz CT molecular complexity index is 740. The van der Waals surface area contributed by atoms with Crippen molar-refractivity contribution in [3.05, 3.63) is 42.0 Å². The maximum absolute atomic E-state index is 12.4. The SMILES string of the molecule is Cc1cc(C(=O)N2CC3(C2)OCCC3CCOc2cccnc2)on1. The van der Waals surface area contributed by atoms with Gasteiger partial charge in [-0.25, -0.2) is 0 Å². The maximum Gasteiger partial charge on any atom is 0.292 e. The van der Waals surface area contributed by atoms with Gasteiger partial charge in [0.05, 0.1) is 31.6 Å². The molecule has 0 bridgehead atoms. The molecule has 7 heteroatoms. The number of pyridine rings is 1. The smallest absolute Gasteiger partial charge is 0.292 e. The van der Waals surface area contributed by atoms with E-state index < -0.39 is 0 Å². The number of amides is 1. The van der Waals surface area contributed by atoms with Gasteiger partial charge in [-0.05, 0) is 37.8 Å². The highest BCUT2D eigenvalue weighted by Gasteiger charge is 2.54. The van der Waals surface area contributed by atoms with Gasteiger partial charge in [-0.2, -0.15) is 0 Å². The number of aromatic nitrogens is 2. The van der Waals surface area contributed by atoms with Gasteiger partial charge in [-0.1, -0.05) is 5.16 Å². The second-order valence-electron chi connectivity index (χ2n) is 6.72. The Balaban J connectivity index is 1.31. The largest absolute Gasteiger partial charge is 0.492 e. The van der Waals surface area contributed by atoms with Gasteiger partial charge in [0, 0.05) is 18.9 Å². The van der Waals surface area contributed by atoms with Crippen LogP contribution in [0.25, 0.3) is 0 Å². The molecule has 1 unspecified atom stereocenters. The average Bonchev–Trinajstić information content (AvgIpc) is 3.20. The lowest BCUT2D eigenvalue weighted by Gasteiger charge is -2.49. The summed E-state index contributed by atoms with van der Waals surface area (Å²) in [5.41, 5.74) is 0.476. The number of rotatable bonds is 5. The summed E-state index contributed by atoms with van der Waals surface area (Å²) in [6, 6.07) is 5.43. The van der Waals surface area contributed by atoms with E-state index in [0.29, 0.717) is 37.1 Å². The second-order valence-corrected chi connectivity index (χ2v) is 6.72. The molecule has 4 heterocycles. The van der Waals surface area contributed by atoms with Crippen LogP contribution in [0.4, 0.5) is 0 Å². The summed E-state index contributed by atoms with van der Waals surface area (Å²) < 4.78 is 16.8. The molecule has 2 saturated heterocycles. The number of likely N-dealkylation sites (tertiary alicyclic amines) is 1. The van der Waals surface area contributed by atoms with Crippen LogP contribution in [0.5, 0.6) is 5.75 Å². The van der Waals surface area contributed by atoms with E-state index in [1.165, 1.54) is 0 Å². The van der Waals surface area contributed by atoms with Crippen LogP contribution in [0.3, 0.4) is 0 Å². The third-order valence-electron chi connectivity index (χ3n) is 5.01. The van der Waals surface area contributed by atoms with Crippen LogP contribution in [0.1, 0.15) is 29.1 Å². The molecule has 7 nitrogen and oxygen atoms in total. The lowest BCUT2D eigenvalue weighted by atomic mass is 9.79. The van der Waals surface area contributed by atoms with Crippen LogP contribution in [0, 0.1) is 12.8 Å². The zero-order chi connectivity index (χ0) is 17.3. The molecular formula is C18H21N3O4. The Labute approximate surface area is 145 Å². The minimum absolute atomic E-state index is 0.118. The quantitative estimate of drug-likeness (QED) is 0.827. The molecule has 2 aromatic rings. The van der Waals surface area contributed by atoms with E-state index in [0.717, 1.165) is 25.2 Å². The van der Waals surface area contributed by atoms with Gasteiger partial charge in [-0.15, -0.1) is 0 Å². The number of hydrogen-bond donors (Lipinski definition) is 0. The molecule has 2 aromatic heterocycles. The van der Waals surface area contributed by atoms with Crippen molar-refractivity contribution >= 4 is 5.91 Å². The topological polar surface area (TPSA) is 77.7 Å². The van der Waals surface area contributed by atoms with Gasteiger partial charge in [0.25, 0.3) is 5.91 Å². The van der Waals surface area contributed by atoms with Crippen molar-refractivity contribution in [1.29, 1.82) is 0 Å². The molecule has 0 aliphatic carbocycles. The summed E-state index contributed by atoms with van der Waals surface area (Å²) in [7, 11) is 0. The highest BCUT2D eigenvalue weighted by Crippen LogP contribution is 2.42. The minimum Gasteiger partial charge on any atom is -0.492 e. The first kappa shape index (κ1) is 16.1. The summed E-state index contributed by atoms with van der Waals surface area (Å²) in [6.07, 6.45) is 5.34. The monoisotopic (exact) mass is 343 g/mol. The van der Waals surface area contributed by atoms with Crippen molar-refractivity contribution in [2.75, 3.05) is 26.3 Å². The summed E-state index contributed by atoms with van der Waals surface area (Å²) in [5, 5.41) is 3.78. The van der Waals surface area contributed by atoms with E-state index in [1.54, 1.807) is 30.3 Å². The fourth-order valence-electron chi connectivity index (χ4n) is 3.66.